The Bertz CT molecular complexity index is 762. The normalized spacial score (nSPS) is 10.6. The Balaban J connectivity index is 2.07. The molecule has 3 heteroatoms. The van der Waals surface area contributed by atoms with Crippen LogP contribution in [0.15, 0.2) is 60.8 Å². The monoisotopic (exact) mass is 278 g/mol. The second kappa shape index (κ2) is 5.37. The van der Waals surface area contributed by atoms with E-state index in [2.05, 4.69) is 36.2 Å². The molecule has 104 valence electrons. The number of hydrogen-bond donors (Lipinski definition) is 1. The molecule has 0 saturated heterocycles. The van der Waals surface area contributed by atoms with E-state index in [4.69, 9.17) is 5.73 Å². The molecular weight excluding hydrogens is 263 g/mol. The van der Waals surface area contributed by atoms with E-state index in [9.17, 15) is 4.39 Å². The van der Waals surface area contributed by atoms with Gasteiger partial charge in [-0.25, -0.2) is 9.37 Å². The van der Waals surface area contributed by atoms with Gasteiger partial charge in [-0.2, -0.15) is 0 Å². The molecule has 0 bridgehead atoms. The van der Waals surface area contributed by atoms with Gasteiger partial charge in [0.25, 0.3) is 0 Å². The molecule has 0 aliphatic heterocycles. The van der Waals surface area contributed by atoms with Crippen LogP contribution in [0.3, 0.4) is 0 Å². The van der Waals surface area contributed by atoms with Crippen LogP contribution in [0.2, 0.25) is 0 Å². The minimum atomic E-state index is -0.264. The maximum Gasteiger partial charge on any atom is 0.131 e. The summed E-state index contributed by atoms with van der Waals surface area (Å²) < 4.78 is 13.0. The van der Waals surface area contributed by atoms with E-state index in [1.165, 1.54) is 17.7 Å². The highest BCUT2D eigenvalue weighted by atomic mass is 19.1. The number of anilines is 1. The van der Waals surface area contributed by atoms with Crippen molar-refractivity contribution in [2.24, 2.45) is 0 Å². The van der Waals surface area contributed by atoms with Crippen LogP contribution in [0.5, 0.6) is 0 Å². The van der Waals surface area contributed by atoms with Gasteiger partial charge in [-0.15, -0.1) is 0 Å². The lowest BCUT2D eigenvalue weighted by molar-refractivity contribution is 0.628. The van der Waals surface area contributed by atoms with E-state index < -0.39 is 0 Å². The SMILES string of the molecule is Cc1ccc(-c2cnc(N)c(-c3ccc(F)cc3)c2)cc1. The molecule has 0 fully saturated rings. The zero-order valence-electron chi connectivity index (χ0n) is 11.7. The Morgan fingerprint density at radius 1 is 0.857 bits per heavy atom. The summed E-state index contributed by atoms with van der Waals surface area (Å²) in [4.78, 5) is 4.26. The first kappa shape index (κ1) is 13.3. The number of hydrogen-bond acceptors (Lipinski definition) is 2. The zero-order valence-corrected chi connectivity index (χ0v) is 11.7. The summed E-state index contributed by atoms with van der Waals surface area (Å²) in [6.45, 7) is 2.05. The fourth-order valence-corrected chi connectivity index (χ4v) is 2.24. The molecule has 2 N–H and O–H groups in total. The van der Waals surface area contributed by atoms with E-state index in [0.29, 0.717) is 5.82 Å². The lowest BCUT2D eigenvalue weighted by Crippen LogP contribution is -1.95. The van der Waals surface area contributed by atoms with Crippen molar-refractivity contribution >= 4 is 5.82 Å². The van der Waals surface area contributed by atoms with E-state index in [0.717, 1.165) is 22.3 Å². The van der Waals surface area contributed by atoms with Crippen LogP contribution in [0.25, 0.3) is 22.3 Å². The number of halogens is 1. The molecule has 2 aromatic carbocycles. The van der Waals surface area contributed by atoms with Gasteiger partial charge in [0, 0.05) is 17.3 Å². The maximum atomic E-state index is 13.0. The van der Waals surface area contributed by atoms with Crippen LogP contribution in [0, 0.1) is 12.7 Å². The minimum absolute atomic E-state index is 0.264. The van der Waals surface area contributed by atoms with Crippen molar-refractivity contribution in [2.45, 2.75) is 6.92 Å². The van der Waals surface area contributed by atoms with E-state index in [1.807, 2.05) is 6.07 Å². The number of benzene rings is 2. The first-order chi connectivity index (χ1) is 10.1. The van der Waals surface area contributed by atoms with Crippen LogP contribution in [-0.2, 0) is 0 Å². The quantitative estimate of drug-likeness (QED) is 0.752. The highest BCUT2D eigenvalue weighted by Gasteiger charge is 2.07. The lowest BCUT2D eigenvalue weighted by atomic mass is 10.0. The average molecular weight is 278 g/mol. The van der Waals surface area contributed by atoms with Crippen molar-refractivity contribution in [3.8, 4) is 22.3 Å². The first-order valence-corrected chi connectivity index (χ1v) is 6.72. The fraction of sp³-hybridized carbons (Fsp3) is 0.0556. The van der Waals surface area contributed by atoms with Crippen LogP contribution in [0.1, 0.15) is 5.56 Å². The molecule has 0 unspecified atom stereocenters. The number of rotatable bonds is 2. The van der Waals surface area contributed by atoms with Crippen molar-refractivity contribution in [1.29, 1.82) is 0 Å². The van der Waals surface area contributed by atoms with Crippen LogP contribution in [0.4, 0.5) is 10.2 Å². The molecule has 2 nitrogen and oxygen atoms in total. The van der Waals surface area contributed by atoms with Crippen LogP contribution < -0.4 is 5.73 Å². The number of aromatic nitrogens is 1. The number of pyridine rings is 1. The second-order valence-electron chi connectivity index (χ2n) is 5.03. The smallest absolute Gasteiger partial charge is 0.131 e. The van der Waals surface area contributed by atoms with Crippen molar-refractivity contribution in [1.82, 2.24) is 4.98 Å². The largest absolute Gasteiger partial charge is 0.383 e. The summed E-state index contributed by atoms with van der Waals surface area (Å²) >= 11 is 0. The number of nitrogens with zero attached hydrogens (tertiary/aromatic N) is 1. The van der Waals surface area contributed by atoms with Crippen molar-refractivity contribution in [3.05, 3.63) is 72.2 Å². The van der Waals surface area contributed by atoms with Crippen molar-refractivity contribution < 1.29 is 4.39 Å². The molecule has 0 saturated carbocycles. The Morgan fingerprint density at radius 3 is 2.14 bits per heavy atom. The molecular formula is C18H15FN2. The summed E-state index contributed by atoms with van der Waals surface area (Å²) in [7, 11) is 0. The molecule has 0 spiro atoms. The molecule has 0 amide bonds. The van der Waals surface area contributed by atoms with Gasteiger partial charge in [0.05, 0.1) is 0 Å². The van der Waals surface area contributed by atoms with Gasteiger partial charge in [-0.05, 0) is 36.2 Å². The Kier molecular flexibility index (Phi) is 3.40. The van der Waals surface area contributed by atoms with E-state index in [-0.39, 0.29) is 5.82 Å². The molecule has 21 heavy (non-hydrogen) atoms. The Labute approximate surface area is 123 Å². The highest BCUT2D eigenvalue weighted by Crippen LogP contribution is 2.29. The maximum absolute atomic E-state index is 13.0. The molecule has 0 aliphatic rings. The fourth-order valence-electron chi connectivity index (χ4n) is 2.24. The first-order valence-electron chi connectivity index (χ1n) is 6.72. The average Bonchev–Trinajstić information content (AvgIpc) is 2.50. The predicted molar refractivity (Wildman–Crippen MR) is 84.2 cm³/mol. The third kappa shape index (κ3) is 2.77. The van der Waals surface area contributed by atoms with Gasteiger partial charge in [0.2, 0.25) is 0 Å². The van der Waals surface area contributed by atoms with Crippen molar-refractivity contribution in [2.75, 3.05) is 5.73 Å². The molecule has 1 aromatic heterocycles. The van der Waals surface area contributed by atoms with E-state index in [1.54, 1.807) is 18.3 Å². The molecule has 3 aromatic rings. The van der Waals surface area contributed by atoms with Gasteiger partial charge < -0.3 is 5.73 Å². The van der Waals surface area contributed by atoms with E-state index >= 15 is 0 Å². The molecule has 0 aliphatic carbocycles. The van der Waals surface area contributed by atoms with Crippen LogP contribution >= 0.6 is 0 Å². The molecule has 3 rings (SSSR count). The Morgan fingerprint density at radius 2 is 1.48 bits per heavy atom. The molecule has 0 radical (unpaired) electrons. The summed E-state index contributed by atoms with van der Waals surface area (Å²) in [6, 6.07) is 16.5. The lowest BCUT2D eigenvalue weighted by Gasteiger charge is -2.09. The molecule has 0 atom stereocenters. The van der Waals surface area contributed by atoms with Crippen LogP contribution in [-0.4, -0.2) is 4.98 Å². The van der Waals surface area contributed by atoms with Gasteiger partial charge in [-0.1, -0.05) is 42.0 Å². The number of aryl methyl sites for hydroxylation is 1. The second-order valence-corrected chi connectivity index (χ2v) is 5.03. The third-order valence-corrected chi connectivity index (χ3v) is 3.46. The zero-order chi connectivity index (χ0) is 14.8. The number of nitrogen functional groups attached to an aromatic ring is 1. The standard InChI is InChI=1S/C18H15FN2/c1-12-2-4-13(5-3-12)15-10-17(18(20)21-11-15)14-6-8-16(19)9-7-14/h2-11H,1H3,(H2,20,21). The highest BCUT2D eigenvalue weighted by molar-refractivity contribution is 5.79. The summed E-state index contributed by atoms with van der Waals surface area (Å²) in [6.07, 6.45) is 1.76. The van der Waals surface area contributed by atoms with Crippen molar-refractivity contribution in [3.63, 3.8) is 0 Å². The Hall–Kier alpha value is -2.68. The summed E-state index contributed by atoms with van der Waals surface area (Å²) in [5.41, 5.74) is 10.9. The summed E-state index contributed by atoms with van der Waals surface area (Å²) in [5.74, 6) is 0.178. The topological polar surface area (TPSA) is 38.9 Å². The predicted octanol–water partition coefficient (Wildman–Crippen LogP) is 4.45. The van der Waals surface area contributed by atoms with Gasteiger partial charge in [0.1, 0.15) is 11.6 Å². The number of nitrogens with two attached hydrogens (primary N) is 1. The van der Waals surface area contributed by atoms with Gasteiger partial charge >= 0.3 is 0 Å². The summed E-state index contributed by atoms with van der Waals surface area (Å²) in [5, 5.41) is 0. The minimum Gasteiger partial charge on any atom is -0.383 e. The molecule has 1 heterocycles. The van der Waals surface area contributed by atoms with Gasteiger partial charge in [0.15, 0.2) is 0 Å². The van der Waals surface area contributed by atoms with Gasteiger partial charge in [-0.3, -0.25) is 0 Å². The third-order valence-electron chi connectivity index (χ3n) is 3.46.